The first-order chi connectivity index (χ1) is 8.74. The average molecular weight is 255 g/mol. The Balaban J connectivity index is 3.46. The molecule has 0 amide bonds. The van der Waals surface area contributed by atoms with Gasteiger partial charge in [0.2, 0.25) is 0 Å². The fraction of sp³-hybridized carbons (Fsp3) is 1.00. The van der Waals surface area contributed by atoms with E-state index in [0.717, 1.165) is 5.92 Å². The van der Waals surface area contributed by atoms with Crippen molar-refractivity contribution in [2.45, 2.75) is 104 Å². The van der Waals surface area contributed by atoms with E-state index in [2.05, 4.69) is 20.8 Å². The fourth-order valence-corrected chi connectivity index (χ4v) is 2.71. The Morgan fingerprint density at radius 2 is 1.33 bits per heavy atom. The molecule has 2 N–H and O–H groups in total. The van der Waals surface area contributed by atoms with Crippen molar-refractivity contribution < 1.29 is 0 Å². The highest BCUT2D eigenvalue weighted by atomic mass is 14.6. The van der Waals surface area contributed by atoms with E-state index >= 15 is 0 Å². The molecule has 110 valence electrons. The fourth-order valence-electron chi connectivity index (χ4n) is 2.71. The lowest BCUT2D eigenvalue weighted by atomic mass is 9.90. The summed E-state index contributed by atoms with van der Waals surface area (Å²) < 4.78 is 0. The van der Waals surface area contributed by atoms with Crippen molar-refractivity contribution >= 4 is 0 Å². The van der Waals surface area contributed by atoms with Crippen LogP contribution < -0.4 is 5.73 Å². The molecule has 0 aliphatic carbocycles. The van der Waals surface area contributed by atoms with Crippen LogP contribution in [0.4, 0.5) is 0 Å². The van der Waals surface area contributed by atoms with Crippen molar-refractivity contribution in [3.8, 4) is 0 Å². The molecule has 0 aliphatic rings. The molecule has 1 heteroatoms. The second kappa shape index (κ2) is 13.4. The Kier molecular flexibility index (Phi) is 13.4. The predicted octanol–water partition coefficient (Wildman–Crippen LogP) is 5.67. The van der Waals surface area contributed by atoms with Crippen LogP contribution >= 0.6 is 0 Å². The van der Waals surface area contributed by atoms with Gasteiger partial charge < -0.3 is 5.73 Å². The molecule has 1 nitrogen and oxygen atoms in total. The molecular formula is C17H37N. The highest BCUT2D eigenvalue weighted by Crippen LogP contribution is 2.20. The Bertz CT molecular complexity index is 156. The average Bonchev–Trinajstić information content (AvgIpc) is 2.38. The largest absolute Gasteiger partial charge is 0.328 e. The van der Waals surface area contributed by atoms with Crippen LogP contribution in [0.15, 0.2) is 0 Å². The Hall–Kier alpha value is -0.0400. The van der Waals surface area contributed by atoms with Crippen molar-refractivity contribution in [3.63, 3.8) is 0 Å². The number of nitrogens with two attached hydrogens (primary N) is 1. The lowest BCUT2D eigenvalue weighted by Crippen LogP contribution is -2.23. The van der Waals surface area contributed by atoms with E-state index in [4.69, 9.17) is 5.73 Å². The summed E-state index contributed by atoms with van der Waals surface area (Å²) in [5, 5.41) is 0. The zero-order valence-electron chi connectivity index (χ0n) is 13.2. The van der Waals surface area contributed by atoms with Crippen LogP contribution in [0.3, 0.4) is 0 Å². The van der Waals surface area contributed by atoms with E-state index in [1.165, 1.54) is 77.0 Å². The second-order valence-electron chi connectivity index (χ2n) is 5.97. The van der Waals surface area contributed by atoms with Crippen LogP contribution in [0.25, 0.3) is 0 Å². The maximum absolute atomic E-state index is 6.26. The lowest BCUT2D eigenvalue weighted by molar-refractivity contribution is 0.368. The van der Waals surface area contributed by atoms with E-state index in [1.807, 2.05) is 0 Å². The van der Waals surface area contributed by atoms with Gasteiger partial charge in [-0.3, -0.25) is 0 Å². The van der Waals surface area contributed by atoms with Crippen LogP contribution in [-0.2, 0) is 0 Å². The third kappa shape index (κ3) is 11.1. The van der Waals surface area contributed by atoms with Gasteiger partial charge >= 0.3 is 0 Å². The molecule has 0 bridgehead atoms. The Labute approximate surface area is 116 Å². The second-order valence-corrected chi connectivity index (χ2v) is 5.97. The van der Waals surface area contributed by atoms with Crippen molar-refractivity contribution in [2.24, 2.45) is 11.7 Å². The minimum atomic E-state index is 0.456. The third-order valence-corrected chi connectivity index (χ3v) is 4.11. The molecule has 0 aromatic heterocycles. The first-order valence-corrected chi connectivity index (χ1v) is 8.50. The monoisotopic (exact) mass is 255 g/mol. The maximum Gasteiger partial charge on any atom is 0.00414 e. The van der Waals surface area contributed by atoms with Crippen LogP contribution in [-0.4, -0.2) is 6.04 Å². The highest BCUT2D eigenvalue weighted by molar-refractivity contribution is 4.68. The van der Waals surface area contributed by atoms with Crippen LogP contribution in [0, 0.1) is 5.92 Å². The molecule has 0 aromatic carbocycles. The van der Waals surface area contributed by atoms with Gasteiger partial charge in [-0.15, -0.1) is 0 Å². The first kappa shape index (κ1) is 18.0. The number of hydrogen-bond acceptors (Lipinski definition) is 1. The van der Waals surface area contributed by atoms with E-state index in [9.17, 15) is 0 Å². The van der Waals surface area contributed by atoms with Crippen molar-refractivity contribution in [2.75, 3.05) is 0 Å². The molecule has 2 atom stereocenters. The van der Waals surface area contributed by atoms with Gasteiger partial charge in [-0.05, 0) is 18.8 Å². The molecule has 0 aromatic rings. The van der Waals surface area contributed by atoms with Crippen LogP contribution in [0.1, 0.15) is 97.8 Å². The first-order valence-electron chi connectivity index (χ1n) is 8.50. The topological polar surface area (TPSA) is 26.0 Å². The third-order valence-electron chi connectivity index (χ3n) is 4.11. The molecule has 0 rings (SSSR count). The van der Waals surface area contributed by atoms with Gasteiger partial charge in [0, 0.05) is 6.04 Å². The molecule has 0 saturated carbocycles. The van der Waals surface area contributed by atoms with E-state index in [0.29, 0.717) is 6.04 Å². The molecular weight excluding hydrogens is 218 g/mol. The zero-order chi connectivity index (χ0) is 13.6. The van der Waals surface area contributed by atoms with Crippen molar-refractivity contribution in [1.29, 1.82) is 0 Å². The SMILES string of the molecule is CCCCCCCCC(N)CC(CC)CCCC. The van der Waals surface area contributed by atoms with Gasteiger partial charge in [0.1, 0.15) is 0 Å². The minimum absolute atomic E-state index is 0.456. The van der Waals surface area contributed by atoms with Gasteiger partial charge in [0.15, 0.2) is 0 Å². The summed E-state index contributed by atoms with van der Waals surface area (Å²) >= 11 is 0. The summed E-state index contributed by atoms with van der Waals surface area (Å²) in [6, 6.07) is 0.456. The molecule has 18 heavy (non-hydrogen) atoms. The van der Waals surface area contributed by atoms with E-state index in [1.54, 1.807) is 0 Å². The van der Waals surface area contributed by atoms with Crippen molar-refractivity contribution in [1.82, 2.24) is 0 Å². The van der Waals surface area contributed by atoms with E-state index < -0.39 is 0 Å². The molecule has 0 aliphatic heterocycles. The molecule has 0 saturated heterocycles. The number of unbranched alkanes of at least 4 members (excludes halogenated alkanes) is 6. The molecule has 2 unspecified atom stereocenters. The molecule has 0 radical (unpaired) electrons. The van der Waals surface area contributed by atoms with E-state index in [-0.39, 0.29) is 0 Å². The summed E-state index contributed by atoms with van der Waals surface area (Å²) in [5.41, 5.74) is 6.26. The Morgan fingerprint density at radius 3 is 1.94 bits per heavy atom. The highest BCUT2D eigenvalue weighted by Gasteiger charge is 2.11. The Morgan fingerprint density at radius 1 is 0.722 bits per heavy atom. The zero-order valence-corrected chi connectivity index (χ0v) is 13.2. The lowest BCUT2D eigenvalue weighted by Gasteiger charge is -2.19. The minimum Gasteiger partial charge on any atom is -0.328 e. The molecule has 0 fully saturated rings. The normalized spacial score (nSPS) is 14.7. The number of rotatable bonds is 13. The van der Waals surface area contributed by atoms with Crippen LogP contribution in [0.2, 0.25) is 0 Å². The van der Waals surface area contributed by atoms with Crippen LogP contribution in [0.5, 0.6) is 0 Å². The molecule has 0 spiro atoms. The summed E-state index contributed by atoms with van der Waals surface area (Å²) in [6.45, 7) is 6.87. The summed E-state index contributed by atoms with van der Waals surface area (Å²) in [7, 11) is 0. The van der Waals surface area contributed by atoms with Gasteiger partial charge in [0.05, 0.1) is 0 Å². The predicted molar refractivity (Wildman–Crippen MR) is 83.9 cm³/mol. The van der Waals surface area contributed by atoms with Gasteiger partial charge in [0.25, 0.3) is 0 Å². The number of hydrogen-bond donors (Lipinski definition) is 1. The smallest absolute Gasteiger partial charge is 0.00414 e. The van der Waals surface area contributed by atoms with Crippen molar-refractivity contribution in [3.05, 3.63) is 0 Å². The van der Waals surface area contributed by atoms with Gasteiger partial charge in [-0.2, -0.15) is 0 Å². The van der Waals surface area contributed by atoms with Gasteiger partial charge in [-0.1, -0.05) is 85.0 Å². The standard InChI is InChI=1S/C17H37N/c1-4-7-9-10-11-12-14-17(18)15-16(6-3)13-8-5-2/h16-17H,4-15,18H2,1-3H3. The maximum atomic E-state index is 6.26. The summed E-state index contributed by atoms with van der Waals surface area (Å²) in [5.74, 6) is 0.875. The summed E-state index contributed by atoms with van der Waals surface area (Å²) in [4.78, 5) is 0. The molecule has 0 heterocycles. The quantitative estimate of drug-likeness (QED) is 0.421. The van der Waals surface area contributed by atoms with Gasteiger partial charge in [-0.25, -0.2) is 0 Å². The summed E-state index contributed by atoms with van der Waals surface area (Å²) in [6.07, 6.45) is 16.2.